The van der Waals surface area contributed by atoms with Gasteiger partial charge in [0.1, 0.15) is 12.7 Å². The maximum Gasteiger partial charge on any atom is 0.330 e. The van der Waals surface area contributed by atoms with Crippen molar-refractivity contribution in [1.29, 1.82) is 0 Å². The Hall–Kier alpha value is -1.66. The zero-order chi connectivity index (χ0) is 20.5. The molecule has 0 bridgehead atoms. The van der Waals surface area contributed by atoms with E-state index in [1.54, 1.807) is 0 Å². The fourth-order valence-electron chi connectivity index (χ4n) is 4.62. The minimum atomic E-state index is -0.821. The molecule has 5 atom stereocenters. The topological polar surface area (TPSA) is 65.1 Å². The average molecular weight is 379 g/mol. The molecule has 6 nitrogen and oxygen atoms in total. The number of nitrogens with zero attached hydrogens (tertiary/aromatic N) is 1. The third-order valence-corrected chi connectivity index (χ3v) is 6.60. The van der Waals surface area contributed by atoms with Crippen molar-refractivity contribution in [3.05, 3.63) is 25.3 Å². The maximum absolute atomic E-state index is 12.8. The van der Waals surface area contributed by atoms with Gasteiger partial charge >= 0.3 is 5.97 Å². The molecule has 0 aromatic rings. The van der Waals surface area contributed by atoms with Gasteiger partial charge in [0.2, 0.25) is 5.91 Å². The standard InChI is InChI=1S/C21H33NO5/c1-8-17(23)22-19(6,10-3)14-21(15(5)20(22,7)11-4)26-13-16(27-21)12-25-18(24)9-2/h8-9,15-16H,1-2,10-14H2,3-7H3. The average Bonchev–Trinajstić information content (AvgIpc) is 3.07. The number of hydrogen-bond acceptors (Lipinski definition) is 5. The van der Waals surface area contributed by atoms with E-state index in [0.29, 0.717) is 13.0 Å². The summed E-state index contributed by atoms with van der Waals surface area (Å²) >= 11 is 0. The Morgan fingerprint density at radius 2 is 1.89 bits per heavy atom. The van der Waals surface area contributed by atoms with Crippen LogP contribution in [0.15, 0.2) is 25.3 Å². The number of ether oxygens (including phenoxy) is 3. The zero-order valence-corrected chi connectivity index (χ0v) is 17.2. The molecule has 1 spiro atoms. The van der Waals surface area contributed by atoms with Crippen molar-refractivity contribution in [3.8, 4) is 0 Å². The molecule has 0 aromatic heterocycles. The van der Waals surface area contributed by atoms with E-state index in [0.717, 1.165) is 18.9 Å². The van der Waals surface area contributed by atoms with E-state index in [2.05, 4.69) is 47.8 Å². The minimum Gasteiger partial charge on any atom is -0.460 e. The van der Waals surface area contributed by atoms with Gasteiger partial charge in [-0.25, -0.2) is 4.79 Å². The van der Waals surface area contributed by atoms with Crippen molar-refractivity contribution < 1.29 is 23.8 Å². The number of likely N-dealkylation sites (tertiary alicyclic amines) is 1. The smallest absolute Gasteiger partial charge is 0.330 e. The van der Waals surface area contributed by atoms with Crippen LogP contribution >= 0.6 is 0 Å². The van der Waals surface area contributed by atoms with Gasteiger partial charge in [0, 0.05) is 29.5 Å². The van der Waals surface area contributed by atoms with Crippen LogP contribution in [0.1, 0.15) is 53.9 Å². The summed E-state index contributed by atoms with van der Waals surface area (Å²) in [5.41, 5.74) is -0.893. The maximum atomic E-state index is 12.8. The second kappa shape index (κ2) is 7.76. The molecule has 0 N–H and O–H groups in total. The predicted molar refractivity (Wildman–Crippen MR) is 103 cm³/mol. The lowest BCUT2D eigenvalue weighted by Gasteiger charge is -2.62. The van der Waals surface area contributed by atoms with Crippen LogP contribution in [0.4, 0.5) is 0 Å². The van der Waals surface area contributed by atoms with Crippen molar-refractivity contribution >= 4 is 11.9 Å². The Kier molecular flexibility index (Phi) is 6.22. The minimum absolute atomic E-state index is 0.0696. The number of carbonyl (C=O) groups excluding carboxylic acids is 2. The molecule has 152 valence electrons. The lowest BCUT2D eigenvalue weighted by molar-refractivity contribution is -0.281. The van der Waals surface area contributed by atoms with Crippen LogP contribution in [-0.4, -0.2) is 53.0 Å². The highest BCUT2D eigenvalue weighted by Gasteiger charge is 2.64. The first-order valence-corrected chi connectivity index (χ1v) is 9.70. The molecule has 0 radical (unpaired) electrons. The first-order valence-electron chi connectivity index (χ1n) is 9.70. The molecular formula is C21H33NO5. The molecule has 0 aliphatic carbocycles. The molecule has 2 aliphatic rings. The van der Waals surface area contributed by atoms with E-state index in [4.69, 9.17) is 14.2 Å². The van der Waals surface area contributed by atoms with Crippen LogP contribution in [0.3, 0.4) is 0 Å². The van der Waals surface area contributed by atoms with Gasteiger partial charge in [-0.2, -0.15) is 0 Å². The Morgan fingerprint density at radius 3 is 2.41 bits per heavy atom. The van der Waals surface area contributed by atoms with Gasteiger partial charge < -0.3 is 19.1 Å². The second-order valence-corrected chi connectivity index (χ2v) is 8.03. The lowest BCUT2D eigenvalue weighted by atomic mass is 9.66. The van der Waals surface area contributed by atoms with Crippen molar-refractivity contribution in [2.24, 2.45) is 5.92 Å². The molecule has 2 rings (SSSR count). The molecule has 27 heavy (non-hydrogen) atoms. The number of esters is 1. The molecule has 2 aliphatic heterocycles. The number of hydrogen-bond donors (Lipinski definition) is 0. The highest BCUT2D eigenvalue weighted by Crippen LogP contribution is 2.54. The number of rotatable bonds is 6. The number of piperidine rings is 1. The zero-order valence-electron chi connectivity index (χ0n) is 17.2. The normalized spacial score (nSPS) is 38.6. The Labute approximate surface area is 162 Å². The van der Waals surface area contributed by atoms with Gasteiger partial charge in [-0.3, -0.25) is 4.79 Å². The SMILES string of the molecule is C=CC(=O)OCC1COC2(CC(C)(CC)N(C(=O)C=C)C(C)(CC)C2C)O1. The molecule has 0 aromatic carbocycles. The molecule has 2 saturated heterocycles. The molecule has 0 saturated carbocycles. The summed E-state index contributed by atoms with van der Waals surface area (Å²) < 4.78 is 17.7. The van der Waals surface area contributed by atoms with Crippen LogP contribution < -0.4 is 0 Å². The molecule has 5 unspecified atom stereocenters. The van der Waals surface area contributed by atoms with E-state index in [1.165, 1.54) is 6.08 Å². The fraction of sp³-hybridized carbons (Fsp3) is 0.714. The summed E-state index contributed by atoms with van der Waals surface area (Å²) in [4.78, 5) is 26.1. The van der Waals surface area contributed by atoms with Crippen LogP contribution in [0, 0.1) is 5.92 Å². The first kappa shape index (κ1) is 21.6. The summed E-state index contributed by atoms with van der Waals surface area (Å²) in [5, 5.41) is 0. The third kappa shape index (κ3) is 3.57. The lowest BCUT2D eigenvalue weighted by Crippen LogP contribution is -2.73. The van der Waals surface area contributed by atoms with E-state index < -0.39 is 22.8 Å². The monoisotopic (exact) mass is 379 g/mol. The predicted octanol–water partition coefficient (Wildman–Crippen LogP) is 3.22. The molecule has 1 amide bonds. The Morgan fingerprint density at radius 1 is 1.22 bits per heavy atom. The first-order chi connectivity index (χ1) is 12.6. The van der Waals surface area contributed by atoms with Gasteiger partial charge in [-0.1, -0.05) is 33.9 Å². The molecular weight excluding hydrogens is 346 g/mol. The van der Waals surface area contributed by atoms with Gasteiger partial charge in [-0.05, 0) is 32.8 Å². The van der Waals surface area contributed by atoms with Crippen molar-refractivity contribution in [3.63, 3.8) is 0 Å². The van der Waals surface area contributed by atoms with Crippen LogP contribution in [0.5, 0.6) is 0 Å². The Bertz CT molecular complexity index is 620. The van der Waals surface area contributed by atoms with Crippen LogP contribution in [0.2, 0.25) is 0 Å². The third-order valence-electron chi connectivity index (χ3n) is 6.60. The molecule has 2 fully saturated rings. The highest BCUT2D eigenvalue weighted by atomic mass is 16.8. The van der Waals surface area contributed by atoms with Gasteiger partial charge in [0.25, 0.3) is 0 Å². The summed E-state index contributed by atoms with van der Waals surface area (Å²) in [5.74, 6) is -1.44. The molecule has 6 heteroatoms. The number of amides is 1. The fourth-order valence-corrected chi connectivity index (χ4v) is 4.62. The summed E-state index contributed by atoms with van der Waals surface area (Å²) in [6, 6.07) is 0. The van der Waals surface area contributed by atoms with E-state index in [-0.39, 0.29) is 24.5 Å². The van der Waals surface area contributed by atoms with E-state index in [9.17, 15) is 9.59 Å². The quantitative estimate of drug-likeness (QED) is 0.524. The van der Waals surface area contributed by atoms with Crippen LogP contribution in [-0.2, 0) is 23.8 Å². The van der Waals surface area contributed by atoms with Gasteiger partial charge in [-0.15, -0.1) is 0 Å². The van der Waals surface area contributed by atoms with Crippen molar-refractivity contribution in [2.75, 3.05) is 13.2 Å². The van der Waals surface area contributed by atoms with E-state index in [1.807, 2.05) is 4.90 Å². The largest absolute Gasteiger partial charge is 0.460 e. The Balaban J connectivity index is 2.35. The van der Waals surface area contributed by atoms with Crippen molar-refractivity contribution in [1.82, 2.24) is 4.90 Å². The van der Waals surface area contributed by atoms with Crippen LogP contribution in [0.25, 0.3) is 0 Å². The summed E-state index contributed by atoms with van der Waals surface area (Å²) in [7, 11) is 0. The summed E-state index contributed by atoms with van der Waals surface area (Å²) in [6.45, 7) is 18.0. The molecule has 2 heterocycles. The van der Waals surface area contributed by atoms with Crippen molar-refractivity contribution in [2.45, 2.75) is 76.9 Å². The van der Waals surface area contributed by atoms with Gasteiger partial charge in [0.05, 0.1) is 6.61 Å². The second-order valence-electron chi connectivity index (χ2n) is 8.03. The summed E-state index contributed by atoms with van der Waals surface area (Å²) in [6.07, 6.45) is 4.27. The number of carbonyl (C=O) groups is 2. The van der Waals surface area contributed by atoms with E-state index >= 15 is 0 Å². The van der Waals surface area contributed by atoms with Gasteiger partial charge in [0.15, 0.2) is 5.79 Å². The highest BCUT2D eigenvalue weighted by molar-refractivity contribution is 5.88.